The summed E-state index contributed by atoms with van der Waals surface area (Å²) in [5.74, 6) is 2.14. The fourth-order valence-corrected chi connectivity index (χ4v) is 6.27. The first-order valence-electron chi connectivity index (χ1n) is 21.0. The molecule has 0 spiro atoms. The van der Waals surface area contributed by atoms with Gasteiger partial charge in [-0.25, -0.2) is 0 Å². The van der Waals surface area contributed by atoms with E-state index < -0.39 is 0 Å². The van der Waals surface area contributed by atoms with E-state index in [0.717, 1.165) is 51.4 Å². The SMILES string of the molecule is CCCCCCCCOc1cc(C(=O)c2ccccc2)c(OCCCCCCCC)c(OCCCCCCCC)c1OCCCCCCCC. The number of rotatable bonds is 34. The maximum Gasteiger partial charge on any atom is 0.208 e. The van der Waals surface area contributed by atoms with Crippen LogP contribution in [0.5, 0.6) is 23.0 Å². The Morgan fingerprint density at radius 1 is 0.420 bits per heavy atom. The van der Waals surface area contributed by atoms with Gasteiger partial charge in [0.1, 0.15) is 0 Å². The smallest absolute Gasteiger partial charge is 0.208 e. The highest BCUT2D eigenvalue weighted by Gasteiger charge is 2.28. The second-order valence-electron chi connectivity index (χ2n) is 14.1. The number of ketones is 1. The molecule has 0 aliphatic heterocycles. The first-order chi connectivity index (χ1) is 24.7. The third-order valence-corrected chi connectivity index (χ3v) is 9.43. The van der Waals surface area contributed by atoms with Gasteiger partial charge in [-0.1, -0.05) is 186 Å². The zero-order valence-electron chi connectivity index (χ0n) is 32.8. The van der Waals surface area contributed by atoms with Gasteiger partial charge >= 0.3 is 0 Å². The minimum absolute atomic E-state index is 0.0835. The Balaban J connectivity index is 2.44. The maximum atomic E-state index is 14.2. The van der Waals surface area contributed by atoms with E-state index in [0.29, 0.717) is 60.6 Å². The van der Waals surface area contributed by atoms with E-state index in [1.54, 1.807) is 0 Å². The topological polar surface area (TPSA) is 54.0 Å². The Hall–Kier alpha value is -2.69. The van der Waals surface area contributed by atoms with Crippen molar-refractivity contribution in [3.63, 3.8) is 0 Å². The van der Waals surface area contributed by atoms with Crippen LogP contribution in [-0.4, -0.2) is 32.2 Å². The fraction of sp³-hybridized carbons (Fsp3) is 0.711. The Bertz CT molecular complexity index is 1100. The lowest BCUT2D eigenvalue weighted by molar-refractivity contribution is 0.103. The minimum atomic E-state index is -0.0835. The quantitative estimate of drug-likeness (QED) is 0.0539. The molecule has 0 saturated heterocycles. The van der Waals surface area contributed by atoms with Crippen LogP contribution in [0.25, 0.3) is 0 Å². The Kier molecular flexibility index (Phi) is 26.1. The van der Waals surface area contributed by atoms with Crippen LogP contribution in [0.2, 0.25) is 0 Å². The molecule has 0 unspecified atom stereocenters. The monoisotopic (exact) mass is 695 g/mol. The first kappa shape index (κ1) is 43.5. The molecule has 50 heavy (non-hydrogen) atoms. The summed E-state index contributed by atoms with van der Waals surface area (Å²) in [5, 5.41) is 0. The number of carbonyl (C=O) groups is 1. The lowest BCUT2D eigenvalue weighted by atomic mass is 10.0. The van der Waals surface area contributed by atoms with Crippen molar-refractivity contribution >= 4 is 5.78 Å². The molecule has 0 aromatic heterocycles. The van der Waals surface area contributed by atoms with Crippen LogP contribution >= 0.6 is 0 Å². The van der Waals surface area contributed by atoms with Gasteiger partial charge in [0.2, 0.25) is 11.5 Å². The summed E-state index contributed by atoms with van der Waals surface area (Å²) in [6.07, 6.45) is 28.2. The second kappa shape index (κ2) is 30.0. The predicted molar refractivity (Wildman–Crippen MR) is 212 cm³/mol. The molecular weight excluding hydrogens is 620 g/mol. The number of benzene rings is 2. The van der Waals surface area contributed by atoms with Crippen molar-refractivity contribution in [1.29, 1.82) is 0 Å². The van der Waals surface area contributed by atoms with Crippen molar-refractivity contribution in [3.8, 4) is 23.0 Å². The summed E-state index contributed by atoms with van der Waals surface area (Å²) < 4.78 is 26.4. The second-order valence-corrected chi connectivity index (χ2v) is 14.1. The molecule has 0 N–H and O–H groups in total. The molecular formula is C45H74O5. The van der Waals surface area contributed by atoms with Crippen molar-refractivity contribution in [2.24, 2.45) is 0 Å². The summed E-state index contributed by atoms with van der Waals surface area (Å²) in [5.41, 5.74) is 1.12. The molecule has 2 aromatic carbocycles. The van der Waals surface area contributed by atoms with Gasteiger partial charge in [-0.3, -0.25) is 4.79 Å². The van der Waals surface area contributed by atoms with Crippen LogP contribution in [0.4, 0.5) is 0 Å². The minimum Gasteiger partial charge on any atom is -0.490 e. The lowest BCUT2D eigenvalue weighted by Gasteiger charge is -2.23. The summed E-state index contributed by atoms with van der Waals surface area (Å²) in [6, 6.07) is 11.4. The van der Waals surface area contributed by atoms with Gasteiger partial charge in [0.05, 0.1) is 32.0 Å². The van der Waals surface area contributed by atoms with E-state index in [2.05, 4.69) is 27.7 Å². The molecule has 0 bridgehead atoms. The van der Waals surface area contributed by atoms with Crippen molar-refractivity contribution < 1.29 is 23.7 Å². The zero-order valence-corrected chi connectivity index (χ0v) is 32.8. The summed E-state index contributed by atoms with van der Waals surface area (Å²) in [7, 11) is 0. The standard InChI is InChI=1S/C45H74O5/c1-5-9-13-17-21-28-34-47-41-38-40(42(46)39-32-26-25-27-33-39)43(48-35-29-22-18-14-10-6-2)45(50-37-31-24-20-16-12-8-4)44(41)49-36-30-23-19-15-11-7-3/h25-27,32-33,38H,5-24,28-31,34-37H2,1-4H3. The van der Waals surface area contributed by atoms with Gasteiger partial charge in [0.25, 0.3) is 0 Å². The number of ether oxygens (including phenoxy) is 4. The van der Waals surface area contributed by atoms with Gasteiger partial charge in [0, 0.05) is 5.56 Å². The third kappa shape index (κ3) is 18.5. The van der Waals surface area contributed by atoms with Crippen molar-refractivity contribution in [1.82, 2.24) is 0 Å². The van der Waals surface area contributed by atoms with Crippen molar-refractivity contribution in [2.75, 3.05) is 26.4 Å². The van der Waals surface area contributed by atoms with E-state index in [1.165, 1.54) is 103 Å². The average molecular weight is 695 g/mol. The Labute approximate surface area is 307 Å². The van der Waals surface area contributed by atoms with Crippen LogP contribution < -0.4 is 18.9 Å². The van der Waals surface area contributed by atoms with Crippen molar-refractivity contribution in [2.45, 2.75) is 182 Å². The molecule has 0 aliphatic carbocycles. The molecule has 0 atom stereocenters. The first-order valence-corrected chi connectivity index (χ1v) is 21.0. The normalized spacial score (nSPS) is 11.1. The predicted octanol–water partition coefficient (Wildman–Crippen LogP) is 13.9. The number of unbranched alkanes of at least 4 members (excludes halogenated alkanes) is 20. The summed E-state index contributed by atoms with van der Waals surface area (Å²) >= 11 is 0. The highest BCUT2D eigenvalue weighted by molar-refractivity contribution is 6.11. The molecule has 5 nitrogen and oxygen atoms in total. The van der Waals surface area contributed by atoms with E-state index in [-0.39, 0.29) is 5.78 Å². The highest BCUT2D eigenvalue weighted by Crippen LogP contribution is 2.48. The van der Waals surface area contributed by atoms with Gasteiger partial charge in [0.15, 0.2) is 17.3 Å². The van der Waals surface area contributed by atoms with E-state index in [9.17, 15) is 4.79 Å². The molecule has 0 radical (unpaired) electrons. The zero-order chi connectivity index (χ0) is 35.9. The summed E-state index contributed by atoms with van der Waals surface area (Å²) in [6.45, 7) is 11.2. The summed E-state index contributed by atoms with van der Waals surface area (Å²) in [4.78, 5) is 14.2. The van der Waals surface area contributed by atoms with Crippen LogP contribution in [0.15, 0.2) is 36.4 Å². The van der Waals surface area contributed by atoms with Crippen molar-refractivity contribution in [3.05, 3.63) is 47.5 Å². The van der Waals surface area contributed by atoms with Crippen LogP contribution in [0.3, 0.4) is 0 Å². The van der Waals surface area contributed by atoms with Gasteiger partial charge in [-0.15, -0.1) is 0 Å². The van der Waals surface area contributed by atoms with Crippen LogP contribution in [0, 0.1) is 0 Å². The molecule has 2 rings (SSSR count). The fourth-order valence-electron chi connectivity index (χ4n) is 6.27. The Morgan fingerprint density at radius 2 is 0.780 bits per heavy atom. The average Bonchev–Trinajstić information content (AvgIpc) is 3.14. The number of hydrogen-bond donors (Lipinski definition) is 0. The molecule has 5 heteroatoms. The number of carbonyl (C=O) groups excluding carboxylic acids is 1. The van der Waals surface area contributed by atoms with Gasteiger partial charge in [-0.05, 0) is 31.7 Å². The lowest BCUT2D eigenvalue weighted by Crippen LogP contribution is -2.13. The molecule has 0 amide bonds. The number of hydrogen-bond acceptors (Lipinski definition) is 5. The highest BCUT2D eigenvalue weighted by atomic mass is 16.6. The van der Waals surface area contributed by atoms with E-state index in [1.807, 2.05) is 36.4 Å². The molecule has 2 aromatic rings. The van der Waals surface area contributed by atoms with E-state index in [4.69, 9.17) is 18.9 Å². The largest absolute Gasteiger partial charge is 0.490 e. The third-order valence-electron chi connectivity index (χ3n) is 9.43. The van der Waals surface area contributed by atoms with Gasteiger partial charge < -0.3 is 18.9 Å². The van der Waals surface area contributed by atoms with Crippen LogP contribution in [0.1, 0.15) is 198 Å². The molecule has 0 saturated carbocycles. The molecule has 0 aliphatic rings. The van der Waals surface area contributed by atoms with Crippen LogP contribution in [-0.2, 0) is 0 Å². The molecule has 284 valence electrons. The van der Waals surface area contributed by atoms with Gasteiger partial charge in [-0.2, -0.15) is 0 Å². The Morgan fingerprint density at radius 3 is 1.22 bits per heavy atom. The van der Waals surface area contributed by atoms with E-state index >= 15 is 0 Å². The maximum absolute atomic E-state index is 14.2. The molecule has 0 heterocycles. The molecule has 0 fully saturated rings.